The van der Waals surface area contributed by atoms with E-state index in [2.05, 4.69) is 23.0 Å². The second kappa shape index (κ2) is 9.75. The summed E-state index contributed by atoms with van der Waals surface area (Å²) in [6.07, 6.45) is 8.53. The lowest BCUT2D eigenvalue weighted by molar-refractivity contribution is 0.0465. The second-order valence-corrected chi connectivity index (χ2v) is 8.33. The third-order valence-electron chi connectivity index (χ3n) is 6.11. The van der Waals surface area contributed by atoms with Crippen molar-refractivity contribution in [1.82, 2.24) is 9.97 Å². The first-order valence-corrected chi connectivity index (χ1v) is 11.1. The number of benzene rings is 2. The van der Waals surface area contributed by atoms with Crippen molar-refractivity contribution in [3.05, 3.63) is 77.1 Å². The fourth-order valence-electron chi connectivity index (χ4n) is 4.34. The predicted molar refractivity (Wildman–Crippen MR) is 119 cm³/mol. The van der Waals surface area contributed by atoms with Crippen LogP contribution in [0.25, 0.3) is 11.4 Å². The number of carbonyl (C=O) groups is 1. The summed E-state index contributed by atoms with van der Waals surface area (Å²) in [5.74, 6) is 1.14. The van der Waals surface area contributed by atoms with Gasteiger partial charge in [0.1, 0.15) is 12.4 Å². The Hall–Kier alpha value is -2.88. The zero-order valence-corrected chi connectivity index (χ0v) is 17.7. The average Bonchev–Trinajstić information content (AvgIpc) is 3.22. The lowest BCUT2D eigenvalue weighted by Gasteiger charge is -2.21. The highest BCUT2D eigenvalue weighted by Crippen LogP contribution is 2.29. The molecule has 0 aliphatic heterocycles. The van der Waals surface area contributed by atoms with Crippen LogP contribution in [0.4, 0.5) is 0 Å². The number of aryl methyl sites for hydroxylation is 2. The summed E-state index contributed by atoms with van der Waals surface area (Å²) >= 11 is 0. The van der Waals surface area contributed by atoms with E-state index in [-0.39, 0.29) is 12.6 Å². The fourth-order valence-corrected chi connectivity index (χ4v) is 4.34. The first-order chi connectivity index (χ1) is 14.7. The highest BCUT2D eigenvalue weighted by molar-refractivity contribution is 5.89. The van der Waals surface area contributed by atoms with Gasteiger partial charge < -0.3 is 9.72 Å². The van der Waals surface area contributed by atoms with Gasteiger partial charge in [-0.15, -0.1) is 0 Å². The van der Waals surface area contributed by atoms with E-state index < -0.39 is 0 Å². The van der Waals surface area contributed by atoms with Gasteiger partial charge in [-0.25, -0.2) is 9.78 Å². The summed E-state index contributed by atoms with van der Waals surface area (Å²) in [6, 6.07) is 17.9. The molecule has 1 N–H and O–H groups in total. The molecule has 0 spiro atoms. The summed E-state index contributed by atoms with van der Waals surface area (Å²) in [5.41, 5.74) is 4.47. The monoisotopic (exact) mass is 402 g/mol. The van der Waals surface area contributed by atoms with Crippen LogP contribution in [0.5, 0.6) is 0 Å². The van der Waals surface area contributed by atoms with Crippen LogP contribution >= 0.6 is 0 Å². The Balaban J connectivity index is 1.54. The molecule has 30 heavy (non-hydrogen) atoms. The van der Waals surface area contributed by atoms with E-state index in [1.165, 1.54) is 32.1 Å². The summed E-state index contributed by atoms with van der Waals surface area (Å²) in [5, 5.41) is 0. The lowest BCUT2D eigenvalue weighted by Crippen LogP contribution is -2.11. The van der Waals surface area contributed by atoms with Crippen molar-refractivity contribution in [2.24, 2.45) is 5.92 Å². The predicted octanol–water partition coefficient (Wildman–Crippen LogP) is 6.26. The van der Waals surface area contributed by atoms with Crippen LogP contribution in [0.2, 0.25) is 0 Å². The van der Waals surface area contributed by atoms with Gasteiger partial charge in [-0.1, -0.05) is 86.7 Å². The van der Waals surface area contributed by atoms with Crippen molar-refractivity contribution in [2.45, 2.75) is 58.5 Å². The molecular weight excluding hydrogens is 372 g/mol. The number of esters is 1. The number of rotatable bonds is 7. The molecule has 0 saturated heterocycles. The van der Waals surface area contributed by atoms with Crippen LogP contribution in [0.1, 0.15) is 65.8 Å². The Kier molecular flexibility index (Phi) is 6.63. The molecule has 0 atom stereocenters. The van der Waals surface area contributed by atoms with E-state index in [0.717, 1.165) is 47.0 Å². The SMILES string of the molecule is Cc1ccccc1-c1nc(C(=O)OCc2ccccc2)c(CCC2CCCCC2)[nH]1. The number of aromatic amines is 1. The van der Waals surface area contributed by atoms with Crippen LogP contribution in [-0.4, -0.2) is 15.9 Å². The summed E-state index contributed by atoms with van der Waals surface area (Å²) in [6.45, 7) is 2.32. The number of hydrogen-bond donors (Lipinski definition) is 1. The zero-order chi connectivity index (χ0) is 20.8. The molecule has 0 bridgehead atoms. The number of ether oxygens (including phenoxy) is 1. The van der Waals surface area contributed by atoms with Crippen molar-refractivity contribution in [2.75, 3.05) is 0 Å². The van der Waals surface area contributed by atoms with Gasteiger partial charge >= 0.3 is 5.97 Å². The second-order valence-electron chi connectivity index (χ2n) is 8.33. The number of H-pyrrole nitrogens is 1. The van der Waals surface area contributed by atoms with Crippen LogP contribution < -0.4 is 0 Å². The Labute approximate surface area is 178 Å². The molecule has 1 aromatic heterocycles. The van der Waals surface area contributed by atoms with E-state index in [1.54, 1.807) is 0 Å². The number of carbonyl (C=O) groups excluding carboxylic acids is 1. The third kappa shape index (κ3) is 4.99. The van der Waals surface area contributed by atoms with Gasteiger partial charge in [0.25, 0.3) is 0 Å². The topological polar surface area (TPSA) is 55.0 Å². The summed E-state index contributed by atoms with van der Waals surface area (Å²) in [4.78, 5) is 21.0. The molecule has 0 unspecified atom stereocenters. The van der Waals surface area contributed by atoms with Gasteiger partial charge in [-0.3, -0.25) is 0 Å². The number of imidazole rings is 1. The molecule has 1 fully saturated rings. The van der Waals surface area contributed by atoms with Crippen LogP contribution in [0.3, 0.4) is 0 Å². The molecule has 0 amide bonds. The van der Waals surface area contributed by atoms with E-state index in [0.29, 0.717) is 5.69 Å². The minimum Gasteiger partial charge on any atom is -0.456 e. The summed E-state index contributed by atoms with van der Waals surface area (Å²) < 4.78 is 5.60. The molecule has 1 saturated carbocycles. The maximum atomic E-state index is 12.9. The van der Waals surface area contributed by atoms with Crippen molar-refractivity contribution in [3.63, 3.8) is 0 Å². The largest absolute Gasteiger partial charge is 0.456 e. The first-order valence-electron chi connectivity index (χ1n) is 11.1. The van der Waals surface area contributed by atoms with Crippen molar-refractivity contribution in [3.8, 4) is 11.4 Å². The highest BCUT2D eigenvalue weighted by atomic mass is 16.5. The Morgan fingerprint density at radius 1 is 1.03 bits per heavy atom. The Morgan fingerprint density at radius 3 is 2.53 bits per heavy atom. The van der Waals surface area contributed by atoms with Crippen molar-refractivity contribution >= 4 is 5.97 Å². The fraction of sp³-hybridized carbons (Fsp3) is 0.385. The maximum Gasteiger partial charge on any atom is 0.359 e. The quantitative estimate of drug-likeness (QED) is 0.475. The van der Waals surface area contributed by atoms with Gasteiger partial charge in [0, 0.05) is 11.3 Å². The Bertz CT molecular complexity index is 972. The number of nitrogens with one attached hydrogen (secondary N) is 1. The van der Waals surface area contributed by atoms with Crippen molar-refractivity contribution in [1.29, 1.82) is 0 Å². The average molecular weight is 403 g/mol. The van der Waals surface area contributed by atoms with E-state index >= 15 is 0 Å². The Morgan fingerprint density at radius 2 is 1.77 bits per heavy atom. The van der Waals surface area contributed by atoms with E-state index in [1.807, 2.05) is 48.5 Å². The van der Waals surface area contributed by atoms with E-state index in [9.17, 15) is 4.79 Å². The number of hydrogen-bond acceptors (Lipinski definition) is 3. The molecular formula is C26H30N2O2. The molecule has 3 aromatic rings. The number of aromatic nitrogens is 2. The van der Waals surface area contributed by atoms with Gasteiger partial charge in [0.15, 0.2) is 5.69 Å². The number of nitrogens with zero attached hydrogens (tertiary/aromatic N) is 1. The molecule has 4 heteroatoms. The minimum absolute atomic E-state index is 0.258. The first kappa shape index (κ1) is 20.4. The molecule has 2 aromatic carbocycles. The van der Waals surface area contributed by atoms with Crippen LogP contribution in [-0.2, 0) is 17.8 Å². The maximum absolute atomic E-state index is 12.9. The van der Waals surface area contributed by atoms with Crippen molar-refractivity contribution < 1.29 is 9.53 Å². The molecule has 0 radical (unpaired) electrons. The third-order valence-corrected chi connectivity index (χ3v) is 6.11. The smallest absolute Gasteiger partial charge is 0.359 e. The molecule has 1 aliphatic carbocycles. The van der Waals surface area contributed by atoms with Crippen LogP contribution in [0.15, 0.2) is 54.6 Å². The molecule has 156 valence electrons. The van der Waals surface area contributed by atoms with E-state index in [4.69, 9.17) is 4.74 Å². The lowest BCUT2D eigenvalue weighted by atomic mass is 9.85. The van der Waals surface area contributed by atoms with Gasteiger partial charge in [-0.2, -0.15) is 0 Å². The normalized spacial score (nSPS) is 14.6. The van der Waals surface area contributed by atoms with Gasteiger partial charge in [-0.05, 0) is 36.8 Å². The molecule has 1 aliphatic rings. The molecule has 4 nitrogen and oxygen atoms in total. The molecule has 4 rings (SSSR count). The minimum atomic E-state index is -0.353. The zero-order valence-electron chi connectivity index (χ0n) is 17.7. The standard InChI is InChI=1S/C26H30N2O2/c1-19-10-8-9-15-22(19)25-27-23(17-16-20-11-4-2-5-12-20)24(28-25)26(29)30-18-21-13-6-3-7-14-21/h3,6-10,13-15,20H,2,4-5,11-12,16-18H2,1H3,(H,27,28). The van der Waals surface area contributed by atoms with Gasteiger partial charge in [0.05, 0.1) is 0 Å². The van der Waals surface area contributed by atoms with Crippen LogP contribution in [0, 0.1) is 12.8 Å². The highest BCUT2D eigenvalue weighted by Gasteiger charge is 2.22. The molecule has 1 heterocycles. The summed E-state index contributed by atoms with van der Waals surface area (Å²) in [7, 11) is 0. The van der Waals surface area contributed by atoms with Gasteiger partial charge in [0.2, 0.25) is 0 Å².